The maximum atomic E-state index is 5.99. The highest BCUT2D eigenvalue weighted by Crippen LogP contribution is 2.39. The Balaban J connectivity index is 1.89. The first kappa shape index (κ1) is 12.8. The van der Waals surface area contributed by atoms with E-state index >= 15 is 0 Å². The summed E-state index contributed by atoms with van der Waals surface area (Å²) >= 11 is 9.37. The van der Waals surface area contributed by atoms with Crippen LogP contribution in [0.1, 0.15) is 30.3 Å². The minimum absolute atomic E-state index is 0.406. The van der Waals surface area contributed by atoms with Gasteiger partial charge in [0.2, 0.25) is 5.88 Å². The summed E-state index contributed by atoms with van der Waals surface area (Å²) in [5, 5.41) is 0.406. The molecule has 0 aromatic carbocycles. The predicted molar refractivity (Wildman–Crippen MR) is 75.8 cm³/mol. The van der Waals surface area contributed by atoms with Crippen molar-refractivity contribution in [2.75, 3.05) is 0 Å². The molecule has 0 N–H and O–H groups in total. The van der Waals surface area contributed by atoms with Crippen molar-refractivity contribution < 1.29 is 4.74 Å². The fourth-order valence-electron chi connectivity index (χ4n) is 1.69. The molecule has 0 saturated heterocycles. The third-order valence-corrected chi connectivity index (χ3v) is 3.56. The van der Waals surface area contributed by atoms with E-state index in [2.05, 4.69) is 30.9 Å². The molecule has 0 aliphatic heterocycles. The van der Waals surface area contributed by atoms with Gasteiger partial charge in [0.25, 0.3) is 0 Å². The summed E-state index contributed by atoms with van der Waals surface area (Å²) in [6.45, 7) is 1.92. The third kappa shape index (κ3) is 3.04. The SMILES string of the molecule is Cc1ccc(Oc2cc(Cl)nc(C3CC3)n2)c(Br)n1. The summed E-state index contributed by atoms with van der Waals surface area (Å²) in [6, 6.07) is 5.34. The maximum Gasteiger partial charge on any atom is 0.224 e. The van der Waals surface area contributed by atoms with E-state index in [-0.39, 0.29) is 0 Å². The highest BCUT2D eigenvalue weighted by atomic mass is 79.9. The maximum absolute atomic E-state index is 5.99. The first-order chi connectivity index (χ1) is 9.11. The van der Waals surface area contributed by atoms with Gasteiger partial charge in [-0.3, -0.25) is 0 Å². The Hall–Kier alpha value is -1.20. The average molecular weight is 341 g/mol. The van der Waals surface area contributed by atoms with Crippen molar-refractivity contribution in [3.05, 3.63) is 39.5 Å². The topological polar surface area (TPSA) is 47.9 Å². The fourth-order valence-corrected chi connectivity index (χ4v) is 2.36. The monoisotopic (exact) mass is 339 g/mol. The molecule has 6 heteroatoms. The van der Waals surface area contributed by atoms with Crippen LogP contribution >= 0.6 is 27.5 Å². The van der Waals surface area contributed by atoms with Crippen molar-refractivity contribution in [1.29, 1.82) is 0 Å². The second-order valence-electron chi connectivity index (χ2n) is 4.51. The molecule has 98 valence electrons. The van der Waals surface area contributed by atoms with Crippen LogP contribution in [-0.2, 0) is 0 Å². The lowest BCUT2D eigenvalue weighted by Crippen LogP contribution is -1.97. The Morgan fingerprint density at radius 1 is 1.26 bits per heavy atom. The molecule has 1 aliphatic carbocycles. The van der Waals surface area contributed by atoms with Gasteiger partial charge in [-0.2, -0.15) is 4.98 Å². The smallest absolute Gasteiger partial charge is 0.224 e. The summed E-state index contributed by atoms with van der Waals surface area (Å²) in [5.41, 5.74) is 0.915. The molecular weight excluding hydrogens is 330 g/mol. The lowest BCUT2D eigenvalue weighted by Gasteiger charge is -2.08. The number of halogens is 2. The van der Waals surface area contributed by atoms with Crippen LogP contribution < -0.4 is 4.74 Å². The highest BCUT2D eigenvalue weighted by molar-refractivity contribution is 9.10. The minimum atomic E-state index is 0.406. The number of hydrogen-bond acceptors (Lipinski definition) is 4. The molecule has 3 rings (SSSR count). The van der Waals surface area contributed by atoms with Crippen LogP contribution in [0.25, 0.3) is 0 Å². The van der Waals surface area contributed by atoms with Crippen LogP contribution in [0, 0.1) is 6.92 Å². The first-order valence-corrected chi connectivity index (χ1v) is 7.14. The van der Waals surface area contributed by atoms with E-state index in [0.717, 1.165) is 24.4 Å². The molecule has 0 radical (unpaired) electrons. The van der Waals surface area contributed by atoms with Gasteiger partial charge in [-0.25, -0.2) is 9.97 Å². The Kier molecular flexibility index (Phi) is 3.41. The quantitative estimate of drug-likeness (QED) is 0.618. The van der Waals surface area contributed by atoms with Crippen molar-refractivity contribution in [1.82, 2.24) is 15.0 Å². The molecule has 0 amide bonds. The average Bonchev–Trinajstić information content (AvgIpc) is 3.16. The standard InChI is InChI=1S/C13H11BrClN3O/c1-7-2-5-9(12(14)16-7)19-11-6-10(15)17-13(18-11)8-3-4-8/h2,5-6,8H,3-4H2,1H3. The zero-order chi connectivity index (χ0) is 13.4. The lowest BCUT2D eigenvalue weighted by molar-refractivity contribution is 0.453. The molecule has 1 saturated carbocycles. The normalized spacial score (nSPS) is 14.5. The van der Waals surface area contributed by atoms with Gasteiger partial charge in [0.05, 0.1) is 0 Å². The van der Waals surface area contributed by atoms with Gasteiger partial charge < -0.3 is 4.74 Å². The van der Waals surface area contributed by atoms with Crippen LogP contribution in [0.5, 0.6) is 11.6 Å². The van der Waals surface area contributed by atoms with E-state index in [1.165, 1.54) is 0 Å². The Morgan fingerprint density at radius 3 is 2.74 bits per heavy atom. The Morgan fingerprint density at radius 2 is 2.05 bits per heavy atom. The van der Waals surface area contributed by atoms with Crippen molar-refractivity contribution in [2.24, 2.45) is 0 Å². The third-order valence-electron chi connectivity index (χ3n) is 2.80. The summed E-state index contributed by atoms with van der Waals surface area (Å²) in [6.07, 6.45) is 2.24. The molecule has 1 aliphatic rings. The number of aromatic nitrogens is 3. The molecule has 2 aromatic rings. The van der Waals surface area contributed by atoms with Crippen LogP contribution in [0.2, 0.25) is 5.15 Å². The molecule has 2 aromatic heterocycles. The van der Waals surface area contributed by atoms with E-state index in [1.807, 2.05) is 19.1 Å². The number of pyridine rings is 1. The summed E-state index contributed by atoms with van der Waals surface area (Å²) in [4.78, 5) is 12.9. The summed E-state index contributed by atoms with van der Waals surface area (Å²) < 4.78 is 6.37. The number of rotatable bonds is 3. The van der Waals surface area contributed by atoms with Crippen LogP contribution in [0.15, 0.2) is 22.8 Å². The number of nitrogens with zero attached hydrogens (tertiary/aromatic N) is 3. The molecule has 0 unspecified atom stereocenters. The van der Waals surface area contributed by atoms with Gasteiger partial charge >= 0.3 is 0 Å². The Bertz CT molecular complexity index is 631. The molecular formula is C13H11BrClN3O. The zero-order valence-electron chi connectivity index (χ0n) is 10.2. The predicted octanol–water partition coefficient (Wildman–Crippen LogP) is 4.27. The van der Waals surface area contributed by atoms with Gasteiger partial charge in [0.1, 0.15) is 15.6 Å². The minimum Gasteiger partial charge on any atom is -0.436 e. The summed E-state index contributed by atoms with van der Waals surface area (Å²) in [5.74, 6) is 2.26. The Labute approximate surface area is 124 Å². The van der Waals surface area contributed by atoms with Crippen molar-refractivity contribution >= 4 is 27.5 Å². The largest absolute Gasteiger partial charge is 0.436 e. The van der Waals surface area contributed by atoms with Gasteiger partial charge in [0, 0.05) is 17.7 Å². The fraction of sp³-hybridized carbons (Fsp3) is 0.308. The van der Waals surface area contributed by atoms with E-state index in [9.17, 15) is 0 Å². The molecule has 0 spiro atoms. The summed E-state index contributed by atoms with van der Waals surface area (Å²) in [7, 11) is 0. The van der Waals surface area contributed by atoms with Crippen LogP contribution in [0.3, 0.4) is 0 Å². The number of aryl methyl sites for hydroxylation is 1. The zero-order valence-corrected chi connectivity index (χ0v) is 12.6. The van der Waals surface area contributed by atoms with E-state index < -0.39 is 0 Å². The number of hydrogen-bond donors (Lipinski definition) is 0. The van der Waals surface area contributed by atoms with E-state index in [0.29, 0.717) is 27.3 Å². The van der Waals surface area contributed by atoms with Gasteiger partial charge in [0.15, 0.2) is 5.75 Å². The second kappa shape index (κ2) is 5.06. The van der Waals surface area contributed by atoms with Crippen molar-refractivity contribution in [3.8, 4) is 11.6 Å². The van der Waals surface area contributed by atoms with Crippen LogP contribution in [-0.4, -0.2) is 15.0 Å². The highest BCUT2D eigenvalue weighted by Gasteiger charge is 2.27. The molecule has 4 nitrogen and oxygen atoms in total. The molecule has 1 fully saturated rings. The second-order valence-corrected chi connectivity index (χ2v) is 5.64. The van der Waals surface area contributed by atoms with Crippen molar-refractivity contribution in [3.63, 3.8) is 0 Å². The van der Waals surface area contributed by atoms with Crippen LogP contribution in [0.4, 0.5) is 0 Å². The number of ether oxygens (including phenoxy) is 1. The molecule has 0 bridgehead atoms. The van der Waals surface area contributed by atoms with Gasteiger partial charge in [-0.15, -0.1) is 0 Å². The van der Waals surface area contributed by atoms with Gasteiger partial charge in [-0.1, -0.05) is 11.6 Å². The van der Waals surface area contributed by atoms with Crippen molar-refractivity contribution in [2.45, 2.75) is 25.7 Å². The molecule has 2 heterocycles. The van der Waals surface area contributed by atoms with E-state index in [4.69, 9.17) is 16.3 Å². The lowest BCUT2D eigenvalue weighted by atomic mass is 10.4. The molecule has 19 heavy (non-hydrogen) atoms. The molecule has 0 atom stereocenters. The van der Waals surface area contributed by atoms with E-state index in [1.54, 1.807) is 6.07 Å². The van der Waals surface area contributed by atoms with Gasteiger partial charge in [-0.05, 0) is 47.8 Å². The first-order valence-electron chi connectivity index (χ1n) is 5.97.